The quantitative estimate of drug-likeness (QED) is 0.359. The monoisotopic (exact) mass is 431 g/mol. The minimum atomic E-state index is -1.27. The standard InChI is InChI=1S/C20H25N5O6/c1-29-12-6-2-4-11(8-12)5-3-7-30-20-23-17(21)14-18(24-20)25(10-22-14)19-16(28)15(27)13(9-26)31-19/h2,4,6,8,10,13,15-16,19,26-28H,3,5,7,9H2,1H3,(H2,21,23,24). The lowest BCUT2D eigenvalue weighted by Gasteiger charge is -2.16. The number of hydrogen-bond acceptors (Lipinski definition) is 10. The fraction of sp³-hybridized carbons (Fsp3) is 0.450. The van der Waals surface area contributed by atoms with Crippen molar-refractivity contribution in [2.75, 3.05) is 26.1 Å². The lowest BCUT2D eigenvalue weighted by atomic mass is 10.1. The van der Waals surface area contributed by atoms with E-state index in [1.165, 1.54) is 10.9 Å². The second kappa shape index (κ2) is 9.02. The summed E-state index contributed by atoms with van der Waals surface area (Å²) in [7, 11) is 1.63. The van der Waals surface area contributed by atoms with Crippen LogP contribution >= 0.6 is 0 Å². The van der Waals surface area contributed by atoms with E-state index in [1.54, 1.807) is 7.11 Å². The van der Waals surface area contributed by atoms with Gasteiger partial charge in [-0.05, 0) is 30.5 Å². The van der Waals surface area contributed by atoms with Gasteiger partial charge in [0, 0.05) is 0 Å². The molecule has 2 aromatic heterocycles. The van der Waals surface area contributed by atoms with E-state index >= 15 is 0 Å². The Labute approximate surface area is 178 Å². The van der Waals surface area contributed by atoms with Gasteiger partial charge in [-0.3, -0.25) is 4.57 Å². The van der Waals surface area contributed by atoms with Crippen LogP contribution in [0.3, 0.4) is 0 Å². The third-order valence-electron chi connectivity index (χ3n) is 5.19. The van der Waals surface area contributed by atoms with Crippen molar-refractivity contribution in [2.45, 2.75) is 37.4 Å². The number of nitrogen functional groups attached to an aromatic ring is 1. The van der Waals surface area contributed by atoms with Crippen molar-refractivity contribution in [3.63, 3.8) is 0 Å². The van der Waals surface area contributed by atoms with Crippen molar-refractivity contribution >= 4 is 17.0 Å². The summed E-state index contributed by atoms with van der Waals surface area (Å²) in [5.41, 5.74) is 7.74. The maximum atomic E-state index is 10.3. The third-order valence-corrected chi connectivity index (χ3v) is 5.19. The zero-order valence-corrected chi connectivity index (χ0v) is 17.0. The lowest BCUT2D eigenvalue weighted by molar-refractivity contribution is -0.0511. The molecule has 11 nitrogen and oxygen atoms in total. The molecule has 0 bridgehead atoms. The minimum absolute atomic E-state index is 0.0733. The average molecular weight is 431 g/mol. The maximum absolute atomic E-state index is 10.3. The van der Waals surface area contributed by atoms with Crippen molar-refractivity contribution in [1.82, 2.24) is 19.5 Å². The van der Waals surface area contributed by atoms with E-state index in [4.69, 9.17) is 19.9 Å². The number of aliphatic hydroxyl groups excluding tert-OH is 3. The van der Waals surface area contributed by atoms with E-state index in [0.29, 0.717) is 17.8 Å². The Hall–Kier alpha value is -2.99. The first-order valence-electron chi connectivity index (χ1n) is 9.90. The normalized spacial score (nSPS) is 23.4. The number of aromatic nitrogens is 4. The van der Waals surface area contributed by atoms with Gasteiger partial charge in [0.15, 0.2) is 23.2 Å². The van der Waals surface area contributed by atoms with Gasteiger partial charge in [0.2, 0.25) is 0 Å². The molecule has 1 aromatic carbocycles. The minimum Gasteiger partial charge on any atom is -0.497 e. The molecule has 0 amide bonds. The van der Waals surface area contributed by atoms with Crippen LogP contribution in [-0.4, -0.2) is 73.5 Å². The SMILES string of the molecule is COc1cccc(CCCOc2nc(N)c3ncn(C4OC(CO)C(O)C4O)c3n2)c1. The summed E-state index contributed by atoms with van der Waals surface area (Å²) in [5, 5.41) is 29.6. The Kier molecular flexibility index (Phi) is 6.18. The van der Waals surface area contributed by atoms with Crippen LogP contribution in [0.5, 0.6) is 11.8 Å². The largest absolute Gasteiger partial charge is 0.497 e. The number of nitrogens with two attached hydrogens (primary N) is 1. The van der Waals surface area contributed by atoms with Crippen molar-refractivity contribution < 1.29 is 29.5 Å². The van der Waals surface area contributed by atoms with Gasteiger partial charge in [-0.25, -0.2) is 4.98 Å². The van der Waals surface area contributed by atoms with Crippen LogP contribution in [0, 0.1) is 0 Å². The molecular formula is C20H25N5O6. The van der Waals surface area contributed by atoms with Gasteiger partial charge in [-0.2, -0.15) is 9.97 Å². The molecule has 0 aliphatic carbocycles. The van der Waals surface area contributed by atoms with E-state index in [0.717, 1.165) is 24.2 Å². The summed E-state index contributed by atoms with van der Waals surface area (Å²) in [5.74, 6) is 0.927. The third kappa shape index (κ3) is 4.26. The molecule has 3 aromatic rings. The van der Waals surface area contributed by atoms with E-state index in [9.17, 15) is 15.3 Å². The van der Waals surface area contributed by atoms with Gasteiger partial charge < -0.3 is 35.3 Å². The number of imidazole rings is 1. The van der Waals surface area contributed by atoms with Crippen molar-refractivity contribution in [3.8, 4) is 11.8 Å². The number of ether oxygens (including phenoxy) is 3. The first kappa shape index (κ1) is 21.2. The summed E-state index contributed by atoms with van der Waals surface area (Å²) in [6.45, 7) is -0.0652. The molecule has 0 radical (unpaired) electrons. The zero-order chi connectivity index (χ0) is 22.0. The highest BCUT2D eigenvalue weighted by molar-refractivity contribution is 5.82. The van der Waals surface area contributed by atoms with Crippen LogP contribution in [0.1, 0.15) is 18.2 Å². The smallest absolute Gasteiger partial charge is 0.320 e. The highest BCUT2D eigenvalue weighted by Crippen LogP contribution is 2.32. The molecule has 4 atom stereocenters. The summed E-state index contributed by atoms with van der Waals surface area (Å²) in [6, 6.07) is 7.89. The first-order chi connectivity index (χ1) is 15.0. The molecule has 3 heterocycles. The molecule has 0 saturated carbocycles. The second-order valence-electron chi connectivity index (χ2n) is 7.25. The number of benzene rings is 1. The molecule has 1 fully saturated rings. The predicted octanol–water partition coefficient (Wildman–Crippen LogP) is 0.0402. The zero-order valence-electron chi connectivity index (χ0n) is 17.0. The summed E-state index contributed by atoms with van der Waals surface area (Å²) >= 11 is 0. The number of hydrogen-bond donors (Lipinski definition) is 4. The van der Waals surface area contributed by atoms with Crippen LogP contribution < -0.4 is 15.2 Å². The number of methoxy groups -OCH3 is 1. The highest BCUT2D eigenvalue weighted by atomic mass is 16.6. The fourth-order valence-electron chi connectivity index (χ4n) is 3.55. The summed E-state index contributed by atoms with van der Waals surface area (Å²) in [6.07, 6.45) is -1.49. The Morgan fingerprint density at radius 2 is 2.06 bits per heavy atom. The topological polar surface area (TPSA) is 158 Å². The van der Waals surface area contributed by atoms with Gasteiger partial charge >= 0.3 is 6.01 Å². The summed E-state index contributed by atoms with van der Waals surface area (Å²) in [4.78, 5) is 12.7. The van der Waals surface area contributed by atoms with Crippen LogP contribution in [0.25, 0.3) is 11.2 Å². The highest BCUT2D eigenvalue weighted by Gasteiger charge is 2.44. The van der Waals surface area contributed by atoms with Gasteiger partial charge in [0.05, 0.1) is 26.7 Å². The number of nitrogens with zero attached hydrogens (tertiary/aromatic N) is 4. The maximum Gasteiger partial charge on any atom is 0.320 e. The van der Waals surface area contributed by atoms with E-state index in [1.807, 2.05) is 24.3 Å². The number of aryl methyl sites for hydroxylation is 1. The Bertz CT molecular complexity index is 1040. The molecule has 1 aliphatic rings. The van der Waals surface area contributed by atoms with Crippen molar-refractivity contribution in [2.24, 2.45) is 0 Å². The molecular weight excluding hydrogens is 406 g/mol. The van der Waals surface area contributed by atoms with Crippen LogP contribution in [0.4, 0.5) is 5.82 Å². The number of rotatable bonds is 8. The van der Waals surface area contributed by atoms with E-state index in [2.05, 4.69) is 15.0 Å². The van der Waals surface area contributed by atoms with E-state index in [-0.39, 0.29) is 11.8 Å². The summed E-state index contributed by atoms with van der Waals surface area (Å²) < 4.78 is 17.9. The average Bonchev–Trinajstić information content (AvgIpc) is 3.32. The van der Waals surface area contributed by atoms with Crippen molar-refractivity contribution in [3.05, 3.63) is 36.2 Å². The van der Waals surface area contributed by atoms with E-state index < -0.39 is 31.1 Å². The molecule has 11 heteroatoms. The molecule has 0 spiro atoms. The number of aliphatic hydroxyl groups is 3. The Balaban J connectivity index is 1.46. The van der Waals surface area contributed by atoms with Gasteiger partial charge in [-0.15, -0.1) is 0 Å². The first-order valence-corrected chi connectivity index (χ1v) is 9.90. The Morgan fingerprint density at radius 1 is 1.23 bits per heavy atom. The predicted molar refractivity (Wildman–Crippen MR) is 110 cm³/mol. The van der Waals surface area contributed by atoms with Gasteiger partial charge in [0.25, 0.3) is 0 Å². The second-order valence-corrected chi connectivity index (χ2v) is 7.25. The van der Waals surface area contributed by atoms with Gasteiger partial charge in [0.1, 0.15) is 24.1 Å². The van der Waals surface area contributed by atoms with Crippen LogP contribution in [0.15, 0.2) is 30.6 Å². The van der Waals surface area contributed by atoms with Crippen molar-refractivity contribution in [1.29, 1.82) is 0 Å². The Morgan fingerprint density at radius 3 is 2.81 bits per heavy atom. The molecule has 5 N–H and O–H groups in total. The molecule has 1 saturated heterocycles. The van der Waals surface area contributed by atoms with Crippen LogP contribution in [-0.2, 0) is 11.2 Å². The van der Waals surface area contributed by atoms with Crippen LogP contribution in [0.2, 0.25) is 0 Å². The lowest BCUT2D eigenvalue weighted by Crippen LogP contribution is -2.33. The molecule has 4 rings (SSSR count). The number of fused-ring (bicyclic) bond motifs is 1. The fourth-order valence-corrected chi connectivity index (χ4v) is 3.55. The molecule has 4 unspecified atom stereocenters. The number of anilines is 1. The molecule has 1 aliphatic heterocycles. The molecule has 31 heavy (non-hydrogen) atoms. The van der Waals surface area contributed by atoms with Gasteiger partial charge in [-0.1, -0.05) is 12.1 Å². The molecule has 166 valence electrons.